The van der Waals surface area contributed by atoms with Gasteiger partial charge in [0.05, 0.1) is 24.8 Å². The summed E-state index contributed by atoms with van der Waals surface area (Å²) in [6.07, 6.45) is 4.96. The van der Waals surface area contributed by atoms with Crippen LogP contribution in [0.3, 0.4) is 0 Å². The van der Waals surface area contributed by atoms with E-state index in [2.05, 4.69) is 22.9 Å². The third-order valence-electron chi connectivity index (χ3n) is 5.45. The van der Waals surface area contributed by atoms with Crippen molar-refractivity contribution in [1.82, 2.24) is 10.6 Å². The van der Waals surface area contributed by atoms with Crippen LogP contribution in [0.2, 0.25) is 0 Å². The summed E-state index contributed by atoms with van der Waals surface area (Å²) in [4.78, 5) is 16.8. The maximum Gasteiger partial charge on any atom is 0.227 e. The molecule has 3 rings (SSSR count). The number of halogens is 1. The number of hydrogen-bond donors (Lipinski definition) is 3. The first-order valence-electron chi connectivity index (χ1n) is 10.2. The molecule has 2 aliphatic heterocycles. The molecular formula is C21H33IN4O2. The van der Waals surface area contributed by atoms with Gasteiger partial charge >= 0.3 is 0 Å². The number of carbonyl (C=O) groups is 1. The highest BCUT2D eigenvalue weighted by molar-refractivity contribution is 14.0. The van der Waals surface area contributed by atoms with Crippen molar-refractivity contribution >= 4 is 41.5 Å². The van der Waals surface area contributed by atoms with Crippen LogP contribution in [-0.4, -0.2) is 36.7 Å². The predicted molar refractivity (Wildman–Crippen MR) is 124 cm³/mol. The van der Waals surface area contributed by atoms with E-state index in [1.165, 1.54) is 6.42 Å². The van der Waals surface area contributed by atoms with Crippen LogP contribution < -0.4 is 16.0 Å². The Morgan fingerprint density at radius 3 is 2.79 bits per heavy atom. The molecule has 2 heterocycles. The summed E-state index contributed by atoms with van der Waals surface area (Å²) >= 11 is 0. The minimum Gasteiger partial charge on any atom is -0.373 e. The summed E-state index contributed by atoms with van der Waals surface area (Å²) in [5, 5.41) is 9.84. The third-order valence-corrected chi connectivity index (χ3v) is 5.45. The summed E-state index contributed by atoms with van der Waals surface area (Å²) in [6, 6.07) is 8.26. The van der Waals surface area contributed by atoms with Crippen molar-refractivity contribution in [3.8, 4) is 0 Å². The van der Waals surface area contributed by atoms with Crippen molar-refractivity contribution < 1.29 is 9.53 Å². The summed E-state index contributed by atoms with van der Waals surface area (Å²) in [5.41, 5.74) is 1.89. The van der Waals surface area contributed by atoms with Gasteiger partial charge in [0.2, 0.25) is 5.91 Å². The zero-order valence-electron chi connectivity index (χ0n) is 17.0. The van der Waals surface area contributed by atoms with E-state index in [9.17, 15) is 4.79 Å². The second kappa shape index (κ2) is 11.0. The number of ether oxygens (including phenoxy) is 1. The van der Waals surface area contributed by atoms with Crippen LogP contribution in [0.1, 0.15) is 52.0 Å². The monoisotopic (exact) mass is 500 g/mol. The van der Waals surface area contributed by atoms with E-state index in [0.29, 0.717) is 24.8 Å². The maximum absolute atomic E-state index is 12.1. The van der Waals surface area contributed by atoms with E-state index < -0.39 is 0 Å². The predicted octanol–water partition coefficient (Wildman–Crippen LogP) is 3.66. The highest BCUT2D eigenvalue weighted by Crippen LogP contribution is 2.34. The molecule has 0 spiro atoms. The zero-order chi connectivity index (χ0) is 19.2. The van der Waals surface area contributed by atoms with Gasteiger partial charge in [0, 0.05) is 18.2 Å². The van der Waals surface area contributed by atoms with Crippen LogP contribution in [0, 0.1) is 5.92 Å². The van der Waals surface area contributed by atoms with Crippen molar-refractivity contribution in [3.63, 3.8) is 0 Å². The van der Waals surface area contributed by atoms with E-state index in [-0.39, 0.29) is 35.8 Å². The van der Waals surface area contributed by atoms with E-state index in [1.54, 1.807) is 0 Å². The Hall–Kier alpha value is -1.35. The Labute approximate surface area is 185 Å². The highest BCUT2D eigenvalue weighted by Gasteiger charge is 2.41. The molecule has 28 heavy (non-hydrogen) atoms. The quantitative estimate of drug-likeness (QED) is 0.304. The molecule has 2 fully saturated rings. The lowest BCUT2D eigenvalue weighted by Crippen LogP contribution is -2.47. The minimum absolute atomic E-state index is 0. The molecule has 4 atom stereocenters. The number of amides is 1. The van der Waals surface area contributed by atoms with Gasteiger partial charge in [-0.3, -0.25) is 4.79 Å². The number of nitrogens with zero attached hydrogens (tertiary/aromatic N) is 1. The molecule has 0 aliphatic carbocycles. The first-order chi connectivity index (χ1) is 13.1. The van der Waals surface area contributed by atoms with Crippen LogP contribution >= 0.6 is 24.0 Å². The normalized spacial score (nSPS) is 24.4. The summed E-state index contributed by atoms with van der Waals surface area (Å²) in [5.74, 6) is 0.900. The van der Waals surface area contributed by atoms with Gasteiger partial charge in [0.1, 0.15) is 0 Å². The summed E-state index contributed by atoms with van der Waals surface area (Å²) < 4.78 is 5.92. The molecule has 156 valence electrons. The van der Waals surface area contributed by atoms with Gasteiger partial charge in [0.25, 0.3) is 0 Å². The third kappa shape index (κ3) is 6.07. The lowest BCUT2D eigenvalue weighted by molar-refractivity contribution is -0.119. The molecule has 7 heteroatoms. The molecule has 2 bridgehead atoms. The molecule has 1 aromatic carbocycles. The number of hydrogen-bond acceptors (Lipinski definition) is 3. The van der Waals surface area contributed by atoms with Crippen LogP contribution in [0.4, 0.5) is 5.69 Å². The number of fused-ring (bicyclic) bond motifs is 2. The van der Waals surface area contributed by atoms with Crippen LogP contribution in [0.5, 0.6) is 0 Å². The van der Waals surface area contributed by atoms with E-state index in [1.807, 2.05) is 38.1 Å². The van der Waals surface area contributed by atoms with Gasteiger partial charge in [-0.05, 0) is 50.3 Å². The van der Waals surface area contributed by atoms with Crippen molar-refractivity contribution in [2.45, 2.75) is 71.2 Å². The van der Waals surface area contributed by atoms with Gasteiger partial charge in [-0.2, -0.15) is 0 Å². The van der Waals surface area contributed by atoms with E-state index in [0.717, 1.165) is 43.0 Å². The fourth-order valence-electron chi connectivity index (χ4n) is 3.65. The number of benzene rings is 1. The van der Waals surface area contributed by atoms with E-state index >= 15 is 0 Å². The maximum atomic E-state index is 12.1. The van der Waals surface area contributed by atoms with Gasteiger partial charge < -0.3 is 20.7 Å². The molecular weight excluding hydrogens is 467 g/mol. The molecule has 1 aromatic rings. The topological polar surface area (TPSA) is 74.8 Å². The molecule has 4 unspecified atom stereocenters. The average molecular weight is 500 g/mol. The molecule has 3 N–H and O–H groups in total. The molecule has 1 amide bonds. The van der Waals surface area contributed by atoms with Gasteiger partial charge in [-0.25, -0.2) is 4.99 Å². The molecule has 2 aliphatic rings. The standard InChI is InChI=1S/C21H32N4O2.HI/c1-4-14(3)20(26)24-16-8-6-7-15(11-16)13-23-21(22-5-2)25-18-12-17-9-10-19(18)27-17;/h6-8,11,14,17-19H,4-5,9-10,12-13H2,1-3H3,(H,24,26)(H2,22,23,25);1H. The second-order valence-electron chi connectivity index (χ2n) is 7.55. The average Bonchev–Trinajstić information content (AvgIpc) is 3.29. The SMILES string of the molecule is CCNC(=NCc1cccc(NC(=O)C(C)CC)c1)NC1CC2CCC1O2.I. The smallest absolute Gasteiger partial charge is 0.227 e. The van der Waals surface area contributed by atoms with Crippen molar-refractivity contribution in [2.75, 3.05) is 11.9 Å². The Balaban J connectivity index is 0.00000280. The van der Waals surface area contributed by atoms with Crippen molar-refractivity contribution in [2.24, 2.45) is 10.9 Å². The van der Waals surface area contributed by atoms with Crippen LogP contribution in [-0.2, 0) is 16.1 Å². The Morgan fingerprint density at radius 2 is 2.14 bits per heavy atom. The fourth-order valence-corrected chi connectivity index (χ4v) is 3.65. The minimum atomic E-state index is 0. The molecule has 0 saturated carbocycles. The second-order valence-corrected chi connectivity index (χ2v) is 7.55. The number of guanidine groups is 1. The van der Waals surface area contributed by atoms with Crippen LogP contribution in [0.15, 0.2) is 29.3 Å². The molecule has 6 nitrogen and oxygen atoms in total. The molecule has 0 aromatic heterocycles. The Morgan fingerprint density at radius 1 is 1.32 bits per heavy atom. The molecule has 2 saturated heterocycles. The Bertz CT molecular complexity index is 682. The highest BCUT2D eigenvalue weighted by atomic mass is 127. The van der Waals surface area contributed by atoms with Crippen LogP contribution in [0.25, 0.3) is 0 Å². The number of aliphatic imine (C=N–C) groups is 1. The lowest BCUT2D eigenvalue weighted by atomic mass is 9.96. The molecule has 0 radical (unpaired) electrons. The van der Waals surface area contributed by atoms with Gasteiger partial charge in [-0.15, -0.1) is 24.0 Å². The van der Waals surface area contributed by atoms with Crippen molar-refractivity contribution in [1.29, 1.82) is 0 Å². The van der Waals surface area contributed by atoms with Gasteiger partial charge in [0.15, 0.2) is 5.96 Å². The number of rotatable bonds is 7. The largest absolute Gasteiger partial charge is 0.373 e. The lowest BCUT2D eigenvalue weighted by Gasteiger charge is -2.22. The number of anilines is 1. The first-order valence-corrected chi connectivity index (χ1v) is 10.2. The van der Waals surface area contributed by atoms with E-state index in [4.69, 9.17) is 9.73 Å². The van der Waals surface area contributed by atoms with Crippen molar-refractivity contribution in [3.05, 3.63) is 29.8 Å². The summed E-state index contributed by atoms with van der Waals surface area (Å²) in [6.45, 7) is 7.41. The first kappa shape index (κ1) is 22.9. The Kier molecular flexibility index (Phi) is 9.01. The number of nitrogens with one attached hydrogen (secondary N) is 3. The number of carbonyl (C=O) groups excluding carboxylic acids is 1. The van der Waals surface area contributed by atoms with Gasteiger partial charge in [-0.1, -0.05) is 26.0 Å². The zero-order valence-corrected chi connectivity index (χ0v) is 19.4. The summed E-state index contributed by atoms with van der Waals surface area (Å²) in [7, 11) is 0. The fraction of sp³-hybridized carbons (Fsp3) is 0.619.